The Hall–Kier alpha value is -2.59. The van der Waals surface area contributed by atoms with Gasteiger partial charge in [0.2, 0.25) is 0 Å². The Morgan fingerprint density at radius 2 is 1.82 bits per heavy atom. The lowest BCUT2D eigenvalue weighted by molar-refractivity contribution is -0.274. The van der Waals surface area contributed by atoms with Crippen LogP contribution in [0.5, 0.6) is 5.75 Å². The quantitative estimate of drug-likeness (QED) is 0.577. The number of aliphatic hydroxyl groups excluding tert-OH is 1. The summed E-state index contributed by atoms with van der Waals surface area (Å²) in [7, 11) is 0. The minimum atomic E-state index is -4.80. The number of carbonyl (C=O) groups is 2. The van der Waals surface area contributed by atoms with E-state index in [1.54, 1.807) is 11.3 Å². The smallest absolute Gasteiger partial charge is 0.406 e. The predicted molar refractivity (Wildman–Crippen MR) is 98.1 cm³/mol. The molecule has 0 aliphatic rings. The van der Waals surface area contributed by atoms with Crippen molar-refractivity contribution in [2.75, 3.05) is 18.5 Å². The van der Waals surface area contributed by atoms with E-state index in [9.17, 15) is 22.8 Å². The van der Waals surface area contributed by atoms with Gasteiger partial charge in [-0.05, 0) is 54.5 Å². The third-order valence-corrected chi connectivity index (χ3v) is 4.79. The van der Waals surface area contributed by atoms with Crippen LogP contribution in [-0.2, 0) is 9.59 Å². The van der Waals surface area contributed by atoms with Crippen molar-refractivity contribution in [2.45, 2.75) is 25.1 Å². The molecule has 0 saturated heterocycles. The van der Waals surface area contributed by atoms with E-state index < -0.39 is 23.9 Å². The molecule has 1 heterocycles. The van der Waals surface area contributed by atoms with Crippen molar-refractivity contribution in [3.8, 4) is 5.75 Å². The number of anilines is 1. The first-order chi connectivity index (χ1) is 13.3. The Morgan fingerprint density at radius 1 is 1.11 bits per heavy atom. The molecule has 0 aliphatic heterocycles. The number of amides is 2. The maximum atomic E-state index is 12.1. The number of nitrogens with one attached hydrogen (secondary N) is 2. The summed E-state index contributed by atoms with van der Waals surface area (Å²) in [5.74, 6) is -2.14. The topological polar surface area (TPSA) is 87.7 Å². The summed E-state index contributed by atoms with van der Waals surface area (Å²) < 4.78 is 40.1. The average Bonchev–Trinajstić information content (AvgIpc) is 3.15. The molecule has 0 spiro atoms. The second-order valence-electron chi connectivity index (χ2n) is 5.80. The molecule has 1 atom stereocenters. The Labute approximate surface area is 163 Å². The highest BCUT2D eigenvalue weighted by molar-refractivity contribution is 7.10. The van der Waals surface area contributed by atoms with Crippen LogP contribution in [0.25, 0.3) is 0 Å². The molecular formula is C18H19F3N2O4S. The molecular weight excluding hydrogens is 397 g/mol. The van der Waals surface area contributed by atoms with Gasteiger partial charge in [0.05, 0.1) is 0 Å². The number of rotatable bonds is 8. The first kappa shape index (κ1) is 21.7. The van der Waals surface area contributed by atoms with Gasteiger partial charge in [-0.3, -0.25) is 9.59 Å². The molecule has 0 bridgehead atoms. The Kier molecular flexibility index (Phi) is 7.82. The fraction of sp³-hybridized carbons (Fsp3) is 0.333. The number of halogens is 3. The average molecular weight is 416 g/mol. The van der Waals surface area contributed by atoms with Gasteiger partial charge in [-0.15, -0.1) is 24.5 Å². The van der Waals surface area contributed by atoms with Gasteiger partial charge in [0.25, 0.3) is 0 Å². The van der Waals surface area contributed by atoms with Crippen LogP contribution < -0.4 is 15.4 Å². The zero-order valence-electron chi connectivity index (χ0n) is 14.7. The number of carbonyl (C=O) groups excluding carboxylic acids is 2. The van der Waals surface area contributed by atoms with Crippen molar-refractivity contribution < 1.29 is 32.6 Å². The predicted octanol–water partition coefficient (Wildman–Crippen LogP) is 3.26. The third-order valence-electron chi connectivity index (χ3n) is 3.75. The summed E-state index contributed by atoms with van der Waals surface area (Å²) in [6, 6.07) is 8.30. The molecule has 152 valence electrons. The number of hydrogen-bond acceptors (Lipinski definition) is 5. The number of aliphatic hydroxyl groups is 1. The van der Waals surface area contributed by atoms with Crippen molar-refractivity contribution in [2.24, 2.45) is 0 Å². The van der Waals surface area contributed by atoms with E-state index in [-0.39, 0.29) is 24.8 Å². The molecule has 0 fully saturated rings. The van der Waals surface area contributed by atoms with Crippen molar-refractivity contribution in [3.63, 3.8) is 0 Å². The van der Waals surface area contributed by atoms with Crippen molar-refractivity contribution in [1.29, 1.82) is 0 Å². The summed E-state index contributed by atoms with van der Waals surface area (Å²) in [6.07, 6.45) is -3.69. The minimum absolute atomic E-state index is 0.0189. The fourth-order valence-electron chi connectivity index (χ4n) is 2.48. The van der Waals surface area contributed by atoms with Crippen LogP contribution in [0.4, 0.5) is 18.9 Å². The van der Waals surface area contributed by atoms with Gasteiger partial charge in [-0.25, -0.2) is 0 Å². The number of ether oxygens (including phenoxy) is 1. The summed E-state index contributed by atoms with van der Waals surface area (Å²) in [6.45, 7) is 0.262. The Balaban J connectivity index is 1.80. The molecule has 28 heavy (non-hydrogen) atoms. The molecule has 2 amide bonds. The summed E-state index contributed by atoms with van der Waals surface area (Å²) in [5.41, 5.74) is 0.159. The standard InChI is InChI=1S/C18H19F3N2O4S/c19-18(20,21)27-14-5-3-13(4-6-14)23-17(26)16(25)22-9-7-12(8-10-24)15-2-1-11-28-15/h1-6,11-12,24H,7-10H2,(H,22,25)(H,23,26)/t12-/m1/s1. The van der Waals surface area contributed by atoms with Gasteiger partial charge in [-0.2, -0.15) is 0 Å². The van der Waals surface area contributed by atoms with Gasteiger partial charge < -0.3 is 20.5 Å². The molecule has 2 rings (SSSR count). The van der Waals surface area contributed by atoms with Crippen LogP contribution in [0.3, 0.4) is 0 Å². The number of thiophene rings is 1. The Morgan fingerprint density at radius 3 is 2.39 bits per heavy atom. The lowest BCUT2D eigenvalue weighted by Crippen LogP contribution is -2.36. The minimum Gasteiger partial charge on any atom is -0.406 e. The lowest BCUT2D eigenvalue weighted by atomic mass is 10.00. The first-order valence-corrected chi connectivity index (χ1v) is 9.25. The molecule has 2 aromatic rings. The van der Waals surface area contributed by atoms with Gasteiger partial charge >= 0.3 is 18.2 Å². The molecule has 0 aliphatic carbocycles. The van der Waals surface area contributed by atoms with Crippen LogP contribution in [0.2, 0.25) is 0 Å². The van der Waals surface area contributed by atoms with Gasteiger partial charge in [0, 0.05) is 23.7 Å². The second kappa shape index (κ2) is 10.1. The van der Waals surface area contributed by atoms with E-state index in [0.717, 1.165) is 17.0 Å². The molecule has 10 heteroatoms. The largest absolute Gasteiger partial charge is 0.573 e. The van der Waals surface area contributed by atoms with Crippen LogP contribution in [-0.4, -0.2) is 36.4 Å². The second-order valence-corrected chi connectivity index (χ2v) is 6.77. The Bertz CT molecular complexity index is 764. The maximum Gasteiger partial charge on any atom is 0.573 e. The van der Waals surface area contributed by atoms with Gasteiger partial charge in [0.15, 0.2) is 0 Å². The first-order valence-electron chi connectivity index (χ1n) is 8.37. The van der Waals surface area contributed by atoms with E-state index >= 15 is 0 Å². The summed E-state index contributed by atoms with van der Waals surface area (Å²) in [5, 5.41) is 15.9. The van der Waals surface area contributed by atoms with Crippen molar-refractivity contribution in [3.05, 3.63) is 46.7 Å². The SMILES string of the molecule is O=C(NCC[C@H](CCO)c1cccs1)C(=O)Nc1ccc(OC(F)(F)F)cc1. The van der Waals surface area contributed by atoms with Crippen molar-refractivity contribution in [1.82, 2.24) is 5.32 Å². The molecule has 1 aromatic heterocycles. The molecule has 6 nitrogen and oxygen atoms in total. The highest BCUT2D eigenvalue weighted by atomic mass is 32.1. The lowest BCUT2D eigenvalue weighted by Gasteiger charge is -2.14. The van der Waals surface area contributed by atoms with Crippen LogP contribution in [0, 0.1) is 0 Å². The van der Waals surface area contributed by atoms with Gasteiger partial charge in [-0.1, -0.05) is 6.07 Å². The number of alkyl halides is 3. The number of hydrogen-bond donors (Lipinski definition) is 3. The highest BCUT2D eigenvalue weighted by Gasteiger charge is 2.31. The summed E-state index contributed by atoms with van der Waals surface area (Å²) in [4.78, 5) is 24.9. The van der Waals surface area contributed by atoms with E-state index in [4.69, 9.17) is 5.11 Å². The third kappa shape index (κ3) is 7.20. The van der Waals surface area contributed by atoms with Crippen LogP contribution in [0.15, 0.2) is 41.8 Å². The zero-order chi connectivity index (χ0) is 20.6. The molecule has 3 N–H and O–H groups in total. The monoisotopic (exact) mass is 416 g/mol. The van der Waals surface area contributed by atoms with Crippen LogP contribution >= 0.6 is 11.3 Å². The normalized spacial score (nSPS) is 12.3. The van der Waals surface area contributed by atoms with Crippen molar-refractivity contribution >= 4 is 28.8 Å². The molecule has 0 unspecified atom stereocenters. The van der Waals surface area contributed by atoms with Crippen LogP contribution in [0.1, 0.15) is 23.6 Å². The number of benzene rings is 1. The van der Waals surface area contributed by atoms with E-state index in [1.165, 1.54) is 12.1 Å². The van der Waals surface area contributed by atoms with E-state index in [1.807, 2.05) is 17.5 Å². The van der Waals surface area contributed by atoms with E-state index in [2.05, 4.69) is 15.4 Å². The highest BCUT2D eigenvalue weighted by Crippen LogP contribution is 2.27. The molecule has 0 radical (unpaired) electrons. The fourth-order valence-corrected chi connectivity index (χ4v) is 3.38. The van der Waals surface area contributed by atoms with E-state index in [0.29, 0.717) is 12.8 Å². The molecule has 1 aromatic carbocycles. The zero-order valence-corrected chi connectivity index (χ0v) is 15.5. The van der Waals surface area contributed by atoms with Gasteiger partial charge in [0.1, 0.15) is 5.75 Å². The molecule has 0 saturated carbocycles. The maximum absolute atomic E-state index is 12.1. The summed E-state index contributed by atoms with van der Waals surface area (Å²) >= 11 is 1.56.